The molecule has 0 spiro atoms. The molecule has 0 aromatic heterocycles. The fourth-order valence-corrected chi connectivity index (χ4v) is 2.63. The van der Waals surface area contributed by atoms with Crippen LogP contribution in [0.4, 0.5) is 10.1 Å². The van der Waals surface area contributed by atoms with Crippen LogP contribution < -0.4 is 10.1 Å². The predicted molar refractivity (Wildman–Crippen MR) is 100 cm³/mol. The molecular formula is C21H18FNO4. The van der Waals surface area contributed by atoms with Gasteiger partial charge in [-0.2, -0.15) is 0 Å². The summed E-state index contributed by atoms with van der Waals surface area (Å²) in [5, 5.41) is 4.59. The van der Waals surface area contributed by atoms with Crippen LogP contribution in [0, 0.1) is 5.82 Å². The van der Waals surface area contributed by atoms with Gasteiger partial charge in [-0.05, 0) is 30.5 Å². The molecule has 138 valence electrons. The molecule has 3 rings (SSSR count). The van der Waals surface area contributed by atoms with Crippen molar-refractivity contribution < 1.29 is 23.5 Å². The van der Waals surface area contributed by atoms with E-state index in [1.807, 2.05) is 36.4 Å². The zero-order chi connectivity index (χ0) is 19.4. The summed E-state index contributed by atoms with van der Waals surface area (Å²) in [5.41, 5.74) is 0.345. The molecule has 0 aliphatic carbocycles. The lowest BCUT2D eigenvalue weighted by Gasteiger charge is -2.15. The number of hydrogen-bond donors (Lipinski definition) is 1. The molecule has 1 atom stereocenters. The molecule has 3 aromatic rings. The van der Waals surface area contributed by atoms with E-state index in [-0.39, 0.29) is 11.3 Å². The van der Waals surface area contributed by atoms with Crippen LogP contribution in [0.5, 0.6) is 5.75 Å². The highest BCUT2D eigenvalue weighted by Crippen LogP contribution is 2.23. The zero-order valence-corrected chi connectivity index (χ0v) is 14.9. The van der Waals surface area contributed by atoms with Gasteiger partial charge in [0.05, 0.1) is 12.7 Å². The summed E-state index contributed by atoms with van der Waals surface area (Å²) in [5.74, 6) is -1.92. The first kappa shape index (κ1) is 18.4. The third-order valence-corrected chi connectivity index (χ3v) is 4.10. The molecule has 0 aliphatic heterocycles. The molecule has 0 saturated carbocycles. The number of halogens is 1. The molecule has 1 amide bonds. The van der Waals surface area contributed by atoms with E-state index in [0.29, 0.717) is 5.69 Å². The molecule has 0 unspecified atom stereocenters. The first-order valence-corrected chi connectivity index (χ1v) is 8.32. The van der Waals surface area contributed by atoms with Crippen molar-refractivity contribution in [2.45, 2.75) is 13.0 Å². The van der Waals surface area contributed by atoms with Crippen molar-refractivity contribution in [3.63, 3.8) is 0 Å². The normalized spacial score (nSPS) is 11.7. The quantitative estimate of drug-likeness (QED) is 0.688. The minimum Gasteiger partial charge on any atom is -0.497 e. The number of rotatable bonds is 5. The van der Waals surface area contributed by atoms with Gasteiger partial charge in [0.25, 0.3) is 5.91 Å². The van der Waals surface area contributed by atoms with Crippen LogP contribution in [0.3, 0.4) is 0 Å². The van der Waals surface area contributed by atoms with Crippen molar-refractivity contribution in [1.29, 1.82) is 0 Å². The smallest absolute Gasteiger partial charge is 0.341 e. The van der Waals surface area contributed by atoms with Crippen LogP contribution in [-0.4, -0.2) is 25.1 Å². The van der Waals surface area contributed by atoms with Crippen LogP contribution in [0.1, 0.15) is 17.3 Å². The van der Waals surface area contributed by atoms with Gasteiger partial charge in [0, 0.05) is 17.1 Å². The number of carbonyl (C=O) groups excluding carboxylic acids is 2. The third-order valence-electron chi connectivity index (χ3n) is 4.10. The van der Waals surface area contributed by atoms with Crippen molar-refractivity contribution in [3.05, 3.63) is 72.0 Å². The minimum absolute atomic E-state index is 0.263. The maximum absolute atomic E-state index is 14.0. The van der Waals surface area contributed by atoms with Crippen LogP contribution >= 0.6 is 0 Å². The Labute approximate surface area is 155 Å². The van der Waals surface area contributed by atoms with Crippen molar-refractivity contribution in [2.24, 2.45) is 0 Å². The van der Waals surface area contributed by atoms with Crippen molar-refractivity contribution >= 4 is 28.3 Å². The predicted octanol–water partition coefficient (Wildman–Crippen LogP) is 4.17. The number of methoxy groups -OCH3 is 1. The number of anilines is 1. The van der Waals surface area contributed by atoms with Crippen LogP contribution in [0.15, 0.2) is 60.7 Å². The molecule has 0 aliphatic rings. The SMILES string of the molecule is COc1ccc(C(=O)O[C@H](C)C(=O)Nc2cccc3ccccc23)c(F)c1. The summed E-state index contributed by atoms with van der Waals surface area (Å²) in [6.45, 7) is 1.43. The number of carbonyl (C=O) groups is 2. The van der Waals surface area contributed by atoms with Gasteiger partial charge in [-0.1, -0.05) is 36.4 Å². The molecule has 0 fully saturated rings. The number of fused-ring (bicyclic) bond motifs is 1. The van der Waals surface area contributed by atoms with Gasteiger partial charge in [0.2, 0.25) is 0 Å². The van der Waals surface area contributed by atoms with Crippen molar-refractivity contribution in [3.8, 4) is 5.75 Å². The number of ether oxygens (including phenoxy) is 2. The molecular weight excluding hydrogens is 349 g/mol. The Kier molecular flexibility index (Phi) is 5.35. The molecule has 0 heterocycles. The monoisotopic (exact) mass is 367 g/mol. The first-order chi connectivity index (χ1) is 13.0. The van der Waals surface area contributed by atoms with Crippen molar-refractivity contribution in [2.75, 3.05) is 12.4 Å². The Bertz CT molecular complexity index is 997. The second-order valence-electron chi connectivity index (χ2n) is 5.91. The van der Waals surface area contributed by atoms with Crippen LogP contribution in [0.25, 0.3) is 10.8 Å². The molecule has 0 radical (unpaired) electrons. The highest BCUT2D eigenvalue weighted by atomic mass is 19.1. The summed E-state index contributed by atoms with van der Waals surface area (Å²) >= 11 is 0. The van der Waals surface area contributed by atoms with E-state index in [4.69, 9.17) is 9.47 Å². The van der Waals surface area contributed by atoms with Gasteiger partial charge in [-0.25, -0.2) is 9.18 Å². The van der Waals surface area contributed by atoms with E-state index in [9.17, 15) is 14.0 Å². The number of esters is 1. The average molecular weight is 367 g/mol. The maximum Gasteiger partial charge on any atom is 0.341 e. The highest BCUT2D eigenvalue weighted by molar-refractivity contribution is 6.04. The van der Waals surface area contributed by atoms with E-state index in [1.165, 1.54) is 26.2 Å². The Balaban J connectivity index is 1.71. The Morgan fingerprint density at radius 1 is 1.04 bits per heavy atom. The van der Waals surface area contributed by atoms with E-state index in [0.717, 1.165) is 16.8 Å². The molecule has 0 saturated heterocycles. The van der Waals surface area contributed by atoms with Gasteiger partial charge >= 0.3 is 5.97 Å². The summed E-state index contributed by atoms with van der Waals surface area (Å²) in [6.07, 6.45) is -1.10. The lowest BCUT2D eigenvalue weighted by Crippen LogP contribution is -2.30. The Hall–Kier alpha value is -3.41. The first-order valence-electron chi connectivity index (χ1n) is 8.32. The van der Waals surface area contributed by atoms with Crippen molar-refractivity contribution in [1.82, 2.24) is 0 Å². The topological polar surface area (TPSA) is 64.6 Å². The van der Waals surface area contributed by atoms with Gasteiger partial charge in [0.15, 0.2) is 6.10 Å². The van der Waals surface area contributed by atoms with E-state index in [2.05, 4.69) is 5.32 Å². The third kappa shape index (κ3) is 4.06. The molecule has 3 aromatic carbocycles. The average Bonchev–Trinajstić information content (AvgIpc) is 2.67. The molecule has 5 nitrogen and oxygen atoms in total. The molecule has 6 heteroatoms. The number of hydrogen-bond acceptors (Lipinski definition) is 4. The Morgan fingerprint density at radius 3 is 2.52 bits per heavy atom. The molecule has 0 bridgehead atoms. The van der Waals surface area contributed by atoms with Crippen LogP contribution in [0.2, 0.25) is 0 Å². The lowest BCUT2D eigenvalue weighted by molar-refractivity contribution is -0.123. The largest absolute Gasteiger partial charge is 0.497 e. The lowest BCUT2D eigenvalue weighted by atomic mass is 10.1. The molecule has 27 heavy (non-hydrogen) atoms. The number of nitrogens with one attached hydrogen (secondary N) is 1. The van der Waals surface area contributed by atoms with E-state index in [1.54, 1.807) is 6.07 Å². The van der Waals surface area contributed by atoms with Gasteiger partial charge in [0.1, 0.15) is 11.6 Å². The van der Waals surface area contributed by atoms with E-state index >= 15 is 0 Å². The summed E-state index contributed by atoms with van der Waals surface area (Å²) in [6, 6.07) is 16.9. The highest BCUT2D eigenvalue weighted by Gasteiger charge is 2.22. The maximum atomic E-state index is 14.0. The van der Waals surface area contributed by atoms with Gasteiger partial charge in [-0.15, -0.1) is 0 Å². The second-order valence-corrected chi connectivity index (χ2v) is 5.91. The van der Waals surface area contributed by atoms with Gasteiger partial charge in [-0.3, -0.25) is 4.79 Å². The van der Waals surface area contributed by atoms with Gasteiger partial charge < -0.3 is 14.8 Å². The standard InChI is InChI=1S/C21H18FNO4/c1-13(27-21(25)17-11-10-15(26-2)12-18(17)22)20(24)23-19-9-5-7-14-6-3-4-8-16(14)19/h3-13H,1-2H3,(H,23,24)/t13-/m1/s1. The fraction of sp³-hybridized carbons (Fsp3) is 0.143. The zero-order valence-electron chi connectivity index (χ0n) is 14.9. The summed E-state index contributed by atoms with van der Waals surface area (Å²) in [4.78, 5) is 24.6. The number of benzene rings is 3. The molecule has 1 N–H and O–H groups in total. The van der Waals surface area contributed by atoms with Crippen LogP contribution in [-0.2, 0) is 9.53 Å². The minimum atomic E-state index is -1.10. The number of amides is 1. The Morgan fingerprint density at radius 2 is 1.78 bits per heavy atom. The second kappa shape index (κ2) is 7.86. The van der Waals surface area contributed by atoms with E-state index < -0.39 is 23.8 Å². The summed E-state index contributed by atoms with van der Waals surface area (Å²) < 4.78 is 24.0. The fourth-order valence-electron chi connectivity index (χ4n) is 2.63. The summed E-state index contributed by atoms with van der Waals surface area (Å²) in [7, 11) is 1.40.